The van der Waals surface area contributed by atoms with Gasteiger partial charge in [-0.1, -0.05) is 6.42 Å². The van der Waals surface area contributed by atoms with Crippen molar-refractivity contribution in [3.63, 3.8) is 0 Å². The van der Waals surface area contributed by atoms with Gasteiger partial charge in [-0.25, -0.2) is 13.1 Å². The normalized spacial score (nSPS) is 23.9. The van der Waals surface area contributed by atoms with Crippen molar-refractivity contribution in [2.24, 2.45) is 0 Å². The highest BCUT2D eigenvalue weighted by Crippen LogP contribution is 2.28. The molecule has 2 unspecified atom stereocenters. The summed E-state index contributed by atoms with van der Waals surface area (Å²) in [6.07, 6.45) is 7.55. The number of hydrogen-bond acceptors (Lipinski definition) is 5. The minimum Gasteiger partial charge on any atom is -0.381 e. The summed E-state index contributed by atoms with van der Waals surface area (Å²) in [6.45, 7) is 2.48. The number of hydrogen-bond donors (Lipinski definition) is 2. The molecule has 0 aromatic carbocycles. The molecule has 20 heavy (non-hydrogen) atoms. The van der Waals surface area contributed by atoms with Crippen LogP contribution >= 0.6 is 11.8 Å². The average molecular weight is 318 g/mol. The second-order valence-electron chi connectivity index (χ2n) is 5.08. The Labute approximate surface area is 124 Å². The van der Waals surface area contributed by atoms with Crippen LogP contribution in [0.1, 0.15) is 32.6 Å². The Morgan fingerprint density at radius 3 is 2.90 bits per heavy atom. The molecule has 6 nitrogen and oxygen atoms in total. The van der Waals surface area contributed by atoms with Crippen LogP contribution in [-0.4, -0.2) is 35.7 Å². The molecule has 1 aromatic rings. The Kier molecular flexibility index (Phi) is 4.98. The molecule has 1 aromatic heterocycles. The number of thioether (sulfide) groups is 1. The molecule has 0 spiro atoms. The van der Waals surface area contributed by atoms with E-state index in [0.717, 1.165) is 25.7 Å². The van der Waals surface area contributed by atoms with Gasteiger partial charge in [-0.15, -0.1) is 0 Å². The molecule has 1 saturated carbocycles. The van der Waals surface area contributed by atoms with E-state index in [1.165, 1.54) is 10.9 Å². The molecule has 114 valence electrons. The summed E-state index contributed by atoms with van der Waals surface area (Å²) in [5.41, 5.74) is 5.71. The third-order valence-corrected chi connectivity index (χ3v) is 6.28. The lowest BCUT2D eigenvalue weighted by molar-refractivity contribution is 0.421. The molecule has 1 heterocycles. The van der Waals surface area contributed by atoms with Crippen LogP contribution in [0.15, 0.2) is 11.1 Å². The summed E-state index contributed by atoms with van der Waals surface area (Å²) in [5, 5.41) is 4.53. The summed E-state index contributed by atoms with van der Waals surface area (Å²) in [4.78, 5) is 0.0885. The van der Waals surface area contributed by atoms with Crippen molar-refractivity contribution in [3.8, 4) is 0 Å². The van der Waals surface area contributed by atoms with Crippen LogP contribution in [0, 0.1) is 0 Å². The molecule has 0 saturated heterocycles. The van der Waals surface area contributed by atoms with E-state index in [-0.39, 0.29) is 16.8 Å². The molecule has 8 heteroatoms. The van der Waals surface area contributed by atoms with Crippen LogP contribution in [0.3, 0.4) is 0 Å². The Bertz CT molecular complexity index is 556. The van der Waals surface area contributed by atoms with Gasteiger partial charge in [-0.3, -0.25) is 4.68 Å². The van der Waals surface area contributed by atoms with E-state index in [4.69, 9.17) is 5.73 Å². The van der Waals surface area contributed by atoms with E-state index in [9.17, 15) is 8.42 Å². The number of nitrogens with zero attached hydrogens (tertiary/aromatic N) is 2. The van der Waals surface area contributed by atoms with Crippen molar-refractivity contribution >= 4 is 27.6 Å². The minimum atomic E-state index is -3.58. The number of aryl methyl sites for hydroxylation is 1. The molecule has 3 N–H and O–H groups in total. The van der Waals surface area contributed by atoms with Gasteiger partial charge in [-0.2, -0.15) is 16.9 Å². The standard InChI is InChI=1S/C12H22N4O2S2/c1-3-16-8-11(12(13)14-16)20(17,18)15-9-5-4-6-10(7-9)19-2/h8-10,15H,3-7H2,1-2H3,(H2,13,14). The highest BCUT2D eigenvalue weighted by Gasteiger charge is 2.28. The Balaban J connectivity index is 2.12. The summed E-state index contributed by atoms with van der Waals surface area (Å²) >= 11 is 1.81. The number of sulfonamides is 1. The first kappa shape index (κ1) is 15.7. The third kappa shape index (κ3) is 3.48. The Hall–Kier alpha value is -0.730. The zero-order valence-electron chi connectivity index (χ0n) is 11.9. The molecule has 2 atom stereocenters. The van der Waals surface area contributed by atoms with Crippen LogP contribution < -0.4 is 10.5 Å². The predicted octanol–water partition coefficient (Wildman–Crippen LogP) is 1.44. The van der Waals surface area contributed by atoms with E-state index in [2.05, 4.69) is 16.1 Å². The lowest BCUT2D eigenvalue weighted by Crippen LogP contribution is -2.39. The molecule has 1 aliphatic carbocycles. The van der Waals surface area contributed by atoms with Crippen molar-refractivity contribution in [1.82, 2.24) is 14.5 Å². The highest BCUT2D eigenvalue weighted by atomic mass is 32.2. The second kappa shape index (κ2) is 6.36. The van der Waals surface area contributed by atoms with Gasteiger partial charge in [0.25, 0.3) is 0 Å². The summed E-state index contributed by atoms with van der Waals surface area (Å²) in [6, 6.07) is -0.00410. The van der Waals surface area contributed by atoms with E-state index in [1.54, 1.807) is 11.8 Å². The van der Waals surface area contributed by atoms with Crippen molar-refractivity contribution in [3.05, 3.63) is 6.20 Å². The number of anilines is 1. The smallest absolute Gasteiger partial charge is 0.246 e. The van der Waals surface area contributed by atoms with E-state index >= 15 is 0 Å². The topological polar surface area (TPSA) is 90.0 Å². The molecule has 2 rings (SSSR count). The average Bonchev–Trinajstić information content (AvgIpc) is 2.80. The zero-order valence-corrected chi connectivity index (χ0v) is 13.5. The number of nitrogens with one attached hydrogen (secondary N) is 1. The third-order valence-electron chi connectivity index (χ3n) is 3.65. The van der Waals surface area contributed by atoms with Crippen LogP contribution in [0.4, 0.5) is 5.82 Å². The molecular weight excluding hydrogens is 296 g/mol. The monoisotopic (exact) mass is 318 g/mol. The molecule has 0 aliphatic heterocycles. The molecular formula is C12H22N4O2S2. The van der Waals surface area contributed by atoms with E-state index < -0.39 is 10.0 Å². The van der Waals surface area contributed by atoms with E-state index in [0.29, 0.717) is 11.8 Å². The largest absolute Gasteiger partial charge is 0.381 e. The van der Waals surface area contributed by atoms with Gasteiger partial charge in [0.2, 0.25) is 10.0 Å². The lowest BCUT2D eigenvalue weighted by Gasteiger charge is -2.28. The van der Waals surface area contributed by atoms with Gasteiger partial charge in [0.05, 0.1) is 0 Å². The SMILES string of the molecule is CCn1cc(S(=O)(=O)NC2CCCC(SC)C2)c(N)n1. The van der Waals surface area contributed by atoms with Crippen LogP contribution in [0.2, 0.25) is 0 Å². The van der Waals surface area contributed by atoms with Crippen molar-refractivity contribution < 1.29 is 8.42 Å². The predicted molar refractivity (Wildman–Crippen MR) is 82.2 cm³/mol. The first-order chi connectivity index (χ1) is 9.46. The second-order valence-corrected chi connectivity index (χ2v) is 7.90. The summed E-state index contributed by atoms with van der Waals surface area (Å²) in [7, 11) is -3.58. The fraction of sp³-hybridized carbons (Fsp3) is 0.750. The van der Waals surface area contributed by atoms with E-state index in [1.807, 2.05) is 6.92 Å². The van der Waals surface area contributed by atoms with Crippen LogP contribution in [-0.2, 0) is 16.6 Å². The first-order valence-electron chi connectivity index (χ1n) is 6.84. The zero-order chi connectivity index (χ0) is 14.8. The molecule has 1 aliphatic rings. The summed E-state index contributed by atoms with van der Waals surface area (Å²) in [5.74, 6) is 0.0663. The maximum atomic E-state index is 12.4. The highest BCUT2D eigenvalue weighted by molar-refractivity contribution is 7.99. The Morgan fingerprint density at radius 2 is 2.30 bits per heavy atom. The molecule has 0 amide bonds. The van der Waals surface area contributed by atoms with Gasteiger partial charge in [0.15, 0.2) is 5.82 Å². The maximum Gasteiger partial charge on any atom is 0.246 e. The lowest BCUT2D eigenvalue weighted by atomic mass is 9.96. The molecule has 0 radical (unpaired) electrons. The number of nitrogens with two attached hydrogens (primary N) is 1. The summed E-state index contributed by atoms with van der Waals surface area (Å²) < 4.78 is 29.1. The van der Waals surface area contributed by atoms with Gasteiger partial charge in [-0.05, 0) is 32.4 Å². The fourth-order valence-corrected chi connectivity index (χ4v) is 4.72. The fourth-order valence-electron chi connectivity index (χ4n) is 2.54. The Morgan fingerprint density at radius 1 is 1.55 bits per heavy atom. The number of aromatic nitrogens is 2. The maximum absolute atomic E-state index is 12.4. The van der Waals surface area contributed by atoms with Crippen molar-refractivity contribution in [1.29, 1.82) is 0 Å². The van der Waals surface area contributed by atoms with Crippen molar-refractivity contribution in [2.75, 3.05) is 12.0 Å². The van der Waals surface area contributed by atoms with Crippen LogP contribution in [0.5, 0.6) is 0 Å². The van der Waals surface area contributed by atoms with Crippen LogP contribution in [0.25, 0.3) is 0 Å². The number of rotatable bonds is 5. The molecule has 1 fully saturated rings. The van der Waals surface area contributed by atoms with Gasteiger partial charge < -0.3 is 5.73 Å². The van der Waals surface area contributed by atoms with Gasteiger partial charge >= 0.3 is 0 Å². The van der Waals surface area contributed by atoms with Gasteiger partial charge in [0, 0.05) is 24.0 Å². The van der Waals surface area contributed by atoms with Gasteiger partial charge in [0.1, 0.15) is 4.90 Å². The van der Waals surface area contributed by atoms with Crippen molar-refractivity contribution in [2.45, 2.75) is 55.3 Å². The first-order valence-corrected chi connectivity index (χ1v) is 9.61. The quantitative estimate of drug-likeness (QED) is 0.857. The minimum absolute atomic E-state index is 0.00410. The number of nitrogen functional groups attached to an aromatic ring is 1. The molecule has 0 bridgehead atoms.